The van der Waals surface area contributed by atoms with Gasteiger partial charge in [0.2, 0.25) is 0 Å². The van der Waals surface area contributed by atoms with Crippen molar-refractivity contribution in [2.45, 2.75) is 59.0 Å². The first-order valence-electron chi connectivity index (χ1n) is 7.39. The fourth-order valence-electron chi connectivity index (χ4n) is 3.61. The number of hydrogen-bond donors (Lipinski definition) is 1. The minimum absolute atomic E-state index is 0.123. The van der Waals surface area contributed by atoms with Gasteiger partial charge in [0.25, 0.3) is 0 Å². The number of rotatable bonds is 3. The number of hydrogen-bond acceptors (Lipinski definition) is 2. The third kappa shape index (κ3) is 3.01. The molecule has 2 rings (SSSR count). The molecule has 1 aromatic carbocycles. The van der Waals surface area contributed by atoms with E-state index in [4.69, 9.17) is 5.73 Å². The minimum Gasteiger partial charge on any atom is -0.323 e. The molecule has 0 spiro atoms. The van der Waals surface area contributed by atoms with Gasteiger partial charge in [0.05, 0.1) is 0 Å². The number of nitrogens with two attached hydrogens (primary N) is 1. The highest BCUT2D eigenvalue weighted by molar-refractivity contribution is 5.39. The molecule has 1 aromatic rings. The molecule has 1 aliphatic heterocycles. The Bertz CT molecular complexity index is 439. The molecule has 2 nitrogen and oxygen atoms in total. The molecular formula is C17H28N2. The van der Waals surface area contributed by atoms with E-state index in [0.717, 1.165) is 6.54 Å². The van der Waals surface area contributed by atoms with Crippen molar-refractivity contribution < 1.29 is 0 Å². The maximum atomic E-state index is 6.51. The van der Waals surface area contributed by atoms with Crippen LogP contribution in [-0.2, 0) is 0 Å². The third-order valence-corrected chi connectivity index (χ3v) is 4.60. The summed E-state index contributed by atoms with van der Waals surface area (Å²) in [5.41, 5.74) is 12.2. The van der Waals surface area contributed by atoms with Crippen LogP contribution in [0.5, 0.6) is 0 Å². The molecule has 0 amide bonds. The van der Waals surface area contributed by atoms with Gasteiger partial charge in [-0.2, -0.15) is 0 Å². The van der Waals surface area contributed by atoms with E-state index in [1.54, 1.807) is 0 Å². The summed E-state index contributed by atoms with van der Waals surface area (Å²) in [4.78, 5) is 2.55. The summed E-state index contributed by atoms with van der Waals surface area (Å²) in [5.74, 6) is 0. The molecule has 0 aromatic heterocycles. The van der Waals surface area contributed by atoms with Crippen LogP contribution in [0.4, 0.5) is 0 Å². The number of nitrogens with zero attached hydrogens (tertiary/aromatic N) is 1. The van der Waals surface area contributed by atoms with Crippen LogP contribution in [0.2, 0.25) is 0 Å². The topological polar surface area (TPSA) is 29.3 Å². The average molecular weight is 260 g/mol. The van der Waals surface area contributed by atoms with E-state index >= 15 is 0 Å². The lowest BCUT2D eigenvalue weighted by molar-refractivity contribution is 0.164. The molecule has 1 fully saturated rings. The molecule has 1 aliphatic rings. The Hall–Kier alpha value is -0.860. The van der Waals surface area contributed by atoms with Crippen LogP contribution in [0.25, 0.3) is 0 Å². The van der Waals surface area contributed by atoms with Crippen LogP contribution in [0.1, 0.15) is 55.0 Å². The van der Waals surface area contributed by atoms with Gasteiger partial charge in [-0.15, -0.1) is 0 Å². The van der Waals surface area contributed by atoms with E-state index in [1.807, 2.05) is 0 Å². The first-order valence-corrected chi connectivity index (χ1v) is 7.39. The Morgan fingerprint density at radius 3 is 2.26 bits per heavy atom. The zero-order valence-corrected chi connectivity index (χ0v) is 13.1. The van der Waals surface area contributed by atoms with Crippen molar-refractivity contribution in [3.63, 3.8) is 0 Å². The highest BCUT2D eigenvalue weighted by Gasteiger charge is 2.33. The number of aryl methyl sites for hydroxylation is 3. The van der Waals surface area contributed by atoms with E-state index < -0.39 is 0 Å². The maximum Gasteiger partial charge on any atom is 0.0429 e. The molecule has 1 saturated heterocycles. The van der Waals surface area contributed by atoms with E-state index in [9.17, 15) is 0 Å². The second kappa shape index (κ2) is 5.26. The Labute approximate surface area is 118 Å². The lowest BCUT2D eigenvalue weighted by Crippen LogP contribution is -2.42. The molecule has 2 N–H and O–H groups in total. The Kier molecular flexibility index (Phi) is 4.03. The summed E-state index contributed by atoms with van der Waals surface area (Å²) in [6.07, 6.45) is 2.58. The van der Waals surface area contributed by atoms with Gasteiger partial charge < -0.3 is 5.73 Å². The van der Waals surface area contributed by atoms with E-state index in [0.29, 0.717) is 5.54 Å². The van der Waals surface area contributed by atoms with Crippen molar-refractivity contribution in [2.24, 2.45) is 5.73 Å². The third-order valence-electron chi connectivity index (χ3n) is 4.60. The van der Waals surface area contributed by atoms with Gasteiger partial charge >= 0.3 is 0 Å². The largest absolute Gasteiger partial charge is 0.323 e. The van der Waals surface area contributed by atoms with Crippen molar-refractivity contribution >= 4 is 0 Å². The van der Waals surface area contributed by atoms with Crippen LogP contribution >= 0.6 is 0 Å². The van der Waals surface area contributed by atoms with Crippen LogP contribution in [0.3, 0.4) is 0 Å². The average Bonchev–Trinajstić information content (AvgIpc) is 2.56. The van der Waals surface area contributed by atoms with Gasteiger partial charge in [-0.05, 0) is 70.7 Å². The Balaban J connectivity index is 2.19. The molecule has 0 bridgehead atoms. The zero-order chi connectivity index (χ0) is 14.2. The molecule has 106 valence electrons. The van der Waals surface area contributed by atoms with Gasteiger partial charge in [0.1, 0.15) is 0 Å². The standard InChI is InChI=1S/C17H28N2/c1-12-9-13(2)16(14(3)10-12)15(18)11-19-8-6-7-17(19,4)5/h9-10,15H,6-8,11,18H2,1-5H3. The van der Waals surface area contributed by atoms with Crippen molar-refractivity contribution in [3.8, 4) is 0 Å². The molecule has 2 heteroatoms. The molecule has 1 heterocycles. The molecule has 19 heavy (non-hydrogen) atoms. The van der Waals surface area contributed by atoms with Gasteiger partial charge in [0.15, 0.2) is 0 Å². The molecular weight excluding hydrogens is 232 g/mol. The monoisotopic (exact) mass is 260 g/mol. The van der Waals surface area contributed by atoms with E-state index in [-0.39, 0.29) is 6.04 Å². The summed E-state index contributed by atoms with van der Waals surface area (Å²) in [7, 11) is 0. The molecule has 0 radical (unpaired) electrons. The van der Waals surface area contributed by atoms with E-state index in [1.165, 1.54) is 41.6 Å². The second-order valence-electron chi connectivity index (χ2n) is 6.78. The SMILES string of the molecule is Cc1cc(C)c(C(N)CN2CCCC2(C)C)c(C)c1. The van der Waals surface area contributed by atoms with Gasteiger partial charge in [0, 0.05) is 18.1 Å². The first-order chi connectivity index (χ1) is 8.81. The quantitative estimate of drug-likeness (QED) is 0.901. The fourth-order valence-corrected chi connectivity index (χ4v) is 3.61. The smallest absolute Gasteiger partial charge is 0.0429 e. The maximum absolute atomic E-state index is 6.51. The fraction of sp³-hybridized carbons (Fsp3) is 0.647. The molecule has 0 saturated carbocycles. The lowest BCUT2D eigenvalue weighted by atomic mass is 9.93. The predicted molar refractivity (Wildman–Crippen MR) is 82.5 cm³/mol. The van der Waals surface area contributed by atoms with Crippen LogP contribution in [0, 0.1) is 20.8 Å². The highest BCUT2D eigenvalue weighted by atomic mass is 15.2. The second-order valence-corrected chi connectivity index (χ2v) is 6.78. The summed E-state index contributed by atoms with van der Waals surface area (Å²) in [6, 6.07) is 4.62. The van der Waals surface area contributed by atoms with E-state index in [2.05, 4.69) is 51.7 Å². The van der Waals surface area contributed by atoms with Gasteiger partial charge in [-0.1, -0.05) is 17.7 Å². The normalized spacial score (nSPS) is 20.7. The van der Waals surface area contributed by atoms with Crippen molar-refractivity contribution in [2.75, 3.05) is 13.1 Å². The minimum atomic E-state index is 0.123. The Morgan fingerprint density at radius 1 is 1.21 bits per heavy atom. The van der Waals surface area contributed by atoms with Gasteiger partial charge in [-0.3, -0.25) is 4.90 Å². The predicted octanol–water partition coefficient (Wildman–Crippen LogP) is 3.49. The van der Waals surface area contributed by atoms with Crippen molar-refractivity contribution in [3.05, 3.63) is 34.4 Å². The van der Waals surface area contributed by atoms with Crippen molar-refractivity contribution in [1.29, 1.82) is 0 Å². The number of likely N-dealkylation sites (tertiary alicyclic amines) is 1. The zero-order valence-electron chi connectivity index (χ0n) is 13.1. The summed E-state index contributed by atoms with van der Waals surface area (Å²) < 4.78 is 0. The van der Waals surface area contributed by atoms with Gasteiger partial charge in [-0.25, -0.2) is 0 Å². The van der Waals surface area contributed by atoms with Crippen molar-refractivity contribution in [1.82, 2.24) is 4.90 Å². The van der Waals surface area contributed by atoms with Crippen LogP contribution in [0.15, 0.2) is 12.1 Å². The first kappa shape index (κ1) is 14.5. The highest BCUT2D eigenvalue weighted by Crippen LogP contribution is 2.31. The van der Waals surface area contributed by atoms with Crippen LogP contribution < -0.4 is 5.73 Å². The number of benzene rings is 1. The Morgan fingerprint density at radius 2 is 1.79 bits per heavy atom. The summed E-state index contributed by atoms with van der Waals surface area (Å²) in [6.45, 7) is 13.3. The molecule has 1 atom stereocenters. The van der Waals surface area contributed by atoms with Crippen LogP contribution in [-0.4, -0.2) is 23.5 Å². The summed E-state index contributed by atoms with van der Waals surface area (Å²) >= 11 is 0. The molecule has 1 unspecified atom stereocenters. The molecule has 0 aliphatic carbocycles. The summed E-state index contributed by atoms with van der Waals surface area (Å²) in [5, 5.41) is 0. The lowest BCUT2D eigenvalue weighted by Gasteiger charge is -2.34.